The topological polar surface area (TPSA) is 62.4 Å². The SMILES string of the molecule is O[C@H]1CCCN(Cc2noc(-c3ccccc3)n2)C1. The highest BCUT2D eigenvalue weighted by molar-refractivity contribution is 5.51. The van der Waals surface area contributed by atoms with E-state index in [0.29, 0.717) is 24.8 Å². The summed E-state index contributed by atoms with van der Waals surface area (Å²) in [5.41, 5.74) is 0.930. The lowest BCUT2D eigenvalue weighted by atomic mass is 10.1. The van der Waals surface area contributed by atoms with Crippen LogP contribution in [0.1, 0.15) is 18.7 Å². The lowest BCUT2D eigenvalue weighted by molar-refractivity contribution is 0.0651. The molecule has 1 atom stereocenters. The highest BCUT2D eigenvalue weighted by Crippen LogP contribution is 2.18. The van der Waals surface area contributed by atoms with Gasteiger partial charge in [-0.25, -0.2) is 0 Å². The van der Waals surface area contributed by atoms with E-state index in [1.54, 1.807) is 0 Å². The third-order valence-electron chi connectivity index (χ3n) is 3.33. The molecule has 3 rings (SSSR count). The zero-order valence-electron chi connectivity index (χ0n) is 10.7. The molecule has 0 aliphatic carbocycles. The fourth-order valence-electron chi connectivity index (χ4n) is 2.39. The molecule has 0 unspecified atom stereocenters. The first-order chi connectivity index (χ1) is 9.31. The summed E-state index contributed by atoms with van der Waals surface area (Å²) in [6.45, 7) is 2.30. The number of rotatable bonds is 3. The molecular formula is C14H17N3O2. The van der Waals surface area contributed by atoms with Crippen molar-refractivity contribution in [1.29, 1.82) is 0 Å². The zero-order chi connectivity index (χ0) is 13.1. The largest absolute Gasteiger partial charge is 0.392 e. The third kappa shape index (κ3) is 3.00. The minimum atomic E-state index is -0.228. The van der Waals surface area contributed by atoms with Crippen molar-refractivity contribution in [3.63, 3.8) is 0 Å². The lowest BCUT2D eigenvalue weighted by Crippen LogP contribution is -2.37. The minimum absolute atomic E-state index is 0.228. The molecule has 5 nitrogen and oxygen atoms in total. The Hall–Kier alpha value is -1.72. The number of aliphatic hydroxyl groups excluding tert-OH is 1. The first kappa shape index (κ1) is 12.3. The van der Waals surface area contributed by atoms with Gasteiger partial charge in [0.15, 0.2) is 5.82 Å². The number of hydrogen-bond acceptors (Lipinski definition) is 5. The van der Waals surface area contributed by atoms with E-state index in [1.165, 1.54) is 0 Å². The summed E-state index contributed by atoms with van der Waals surface area (Å²) in [6.07, 6.45) is 1.68. The van der Waals surface area contributed by atoms with Gasteiger partial charge in [-0.1, -0.05) is 23.4 Å². The van der Waals surface area contributed by atoms with Crippen molar-refractivity contribution in [2.24, 2.45) is 0 Å². The van der Waals surface area contributed by atoms with E-state index >= 15 is 0 Å². The number of aliphatic hydroxyl groups is 1. The molecule has 19 heavy (non-hydrogen) atoms. The van der Waals surface area contributed by atoms with Crippen LogP contribution in [0.5, 0.6) is 0 Å². The van der Waals surface area contributed by atoms with Crippen molar-refractivity contribution < 1.29 is 9.63 Å². The molecule has 0 amide bonds. The molecular weight excluding hydrogens is 242 g/mol. The predicted octanol–water partition coefficient (Wildman–Crippen LogP) is 1.69. The smallest absolute Gasteiger partial charge is 0.257 e. The van der Waals surface area contributed by atoms with E-state index in [9.17, 15) is 5.11 Å². The third-order valence-corrected chi connectivity index (χ3v) is 3.33. The van der Waals surface area contributed by atoms with Crippen LogP contribution < -0.4 is 0 Å². The van der Waals surface area contributed by atoms with Crippen molar-refractivity contribution in [1.82, 2.24) is 15.0 Å². The highest BCUT2D eigenvalue weighted by Gasteiger charge is 2.19. The van der Waals surface area contributed by atoms with Crippen molar-refractivity contribution in [3.05, 3.63) is 36.2 Å². The maximum absolute atomic E-state index is 9.63. The van der Waals surface area contributed by atoms with Crippen molar-refractivity contribution in [2.75, 3.05) is 13.1 Å². The minimum Gasteiger partial charge on any atom is -0.392 e. The molecule has 0 spiro atoms. The van der Waals surface area contributed by atoms with E-state index in [4.69, 9.17) is 4.52 Å². The standard InChI is InChI=1S/C14H17N3O2/c18-12-7-4-8-17(9-12)10-13-15-14(19-16-13)11-5-2-1-3-6-11/h1-3,5-6,12,18H,4,7-10H2/t12-/m0/s1. The van der Waals surface area contributed by atoms with Crippen LogP contribution in [0.3, 0.4) is 0 Å². The van der Waals surface area contributed by atoms with Crippen LogP contribution in [0.15, 0.2) is 34.9 Å². The number of piperidine rings is 1. The molecule has 1 saturated heterocycles. The Bertz CT molecular complexity index is 526. The second kappa shape index (κ2) is 5.50. The normalized spacial score (nSPS) is 20.6. The van der Waals surface area contributed by atoms with Crippen LogP contribution in [0, 0.1) is 0 Å². The maximum Gasteiger partial charge on any atom is 0.257 e. The average molecular weight is 259 g/mol. The van der Waals surface area contributed by atoms with Crippen LogP contribution in [-0.2, 0) is 6.54 Å². The first-order valence-corrected chi connectivity index (χ1v) is 6.60. The molecule has 1 aliphatic rings. The summed E-state index contributed by atoms with van der Waals surface area (Å²) in [5.74, 6) is 1.22. The molecule has 5 heteroatoms. The van der Waals surface area contributed by atoms with E-state index < -0.39 is 0 Å². The van der Waals surface area contributed by atoms with Gasteiger partial charge in [-0.3, -0.25) is 4.90 Å². The summed E-state index contributed by atoms with van der Waals surface area (Å²) in [6, 6.07) is 9.74. The molecule has 1 aliphatic heterocycles. The Labute approximate surface area is 111 Å². The molecule has 1 aromatic carbocycles. The highest BCUT2D eigenvalue weighted by atomic mass is 16.5. The van der Waals surface area contributed by atoms with Gasteiger partial charge in [0.05, 0.1) is 12.6 Å². The van der Waals surface area contributed by atoms with Gasteiger partial charge in [-0.15, -0.1) is 0 Å². The Morgan fingerprint density at radius 2 is 2.16 bits per heavy atom. The predicted molar refractivity (Wildman–Crippen MR) is 70.3 cm³/mol. The van der Waals surface area contributed by atoms with Crippen LogP contribution in [0.4, 0.5) is 0 Å². The number of hydrogen-bond donors (Lipinski definition) is 1. The molecule has 1 fully saturated rings. The maximum atomic E-state index is 9.63. The van der Waals surface area contributed by atoms with Gasteiger partial charge in [0.1, 0.15) is 0 Å². The van der Waals surface area contributed by atoms with Crippen molar-refractivity contribution in [2.45, 2.75) is 25.5 Å². The Kier molecular flexibility index (Phi) is 3.57. The molecule has 0 bridgehead atoms. The van der Waals surface area contributed by atoms with Gasteiger partial charge in [0.2, 0.25) is 0 Å². The van der Waals surface area contributed by atoms with Crippen LogP contribution >= 0.6 is 0 Å². The molecule has 100 valence electrons. The second-order valence-electron chi connectivity index (χ2n) is 4.91. The van der Waals surface area contributed by atoms with E-state index in [1.807, 2.05) is 30.3 Å². The Morgan fingerprint density at radius 1 is 1.32 bits per heavy atom. The van der Waals surface area contributed by atoms with E-state index in [0.717, 1.165) is 24.9 Å². The Morgan fingerprint density at radius 3 is 2.95 bits per heavy atom. The molecule has 0 radical (unpaired) electrons. The summed E-state index contributed by atoms with van der Waals surface area (Å²) >= 11 is 0. The van der Waals surface area contributed by atoms with E-state index in [2.05, 4.69) is 15.0 Å². The summed E-state index contributed by atoms with van der Waals surface area (Å²) in [4.78, 5) is 6.56. The fourth-order valence-corrected chi connectivity index (χ4v) is 2.39. The summed E-state index contributed by atoms with van der Waals surface area (Å²) < 4.78 is 5.27. The van der Waals surface area contributed by atoms with Gasteiger partial charge in [-0.2, -0.15) is 4.98 Å². The number of β-amino-alcohol motifs (C(OH)–C–C–N with tert-alkyl or cyclic N) is 1. The van der Waals surface area contributed by atoms with Gasteiger partial charge in [0.25, 0.3) is 5.89 Å². The molecule has 0 saturated carbocycles. The number of aromatic nitrogens is 2. The number of benzene rings is 1. The quantitative estimate of drug-likeness (QED) is 0.909. The fraction of sp³-hybridized carbons (Fsp3) is 0.429. The molecule has 1 aromatic heterocycles. The van der Waals surface area contributed by atoms with Gasteiger partial charge in [0, 0.05) is 12.1 Å². The monoisotopic (exact) mass is 259 g/mol. The molecule has 2 heterocycles. The van der Waals surface area contributed by atoms with Crippen molar-refractivity contribution in [3.8, 4) is 11.5 Å². The van der Waals surface area contributed by atoms with Crippen LogP contribution in [0.25, 0.3) is 11.5 Å². The lowest BCUT2D eigenvalue weighted by Gasteiger charge is -2.28. The average Bonchev–Trinajstić information content (AvgIpc) is 2.88. The van der Waals surface area contributed by atoms with Crippen LogP contribution in [0.2, 0.25) is 0 Å². The number of nitrogens with zero attached hydrogens (tertiary/aromatic N) is 3. The summed E-state index contributed by atoms with van der Waals surface area (Å²) in [7, 11) is 0. The van der Waals surface area contributed by atoms with Crippen molar-refractivity contribution >= 4 is 0 Å². The summed E-state index contributed by atoms with van der Waals surface area (Å²) in [5, 5.41) is 13.6. The zero-order valence-corrected chi connectivity index (χ0v) is 10.7. The molecule has 1 N–H and O–H groups in total. The number of likely N-dealkylation sites (tertiary alicyclic amines) is 1. The first-order valence-electron chi connectivity index (χ1n) is 6.60. The van der Waals surface area contributed by atoms with Gasteiger partial charge >= 0.3 is 0 Å². The van der Waals surface area contributed by atoms with Gasteiger partial charge in [-0.05, 0) is 31.5 Å². The Balaban J connectivity index is 1.68. The second-order valence-corrected chi connectivity index (χ2v) is 4.91. The van der Waals surface area contributed by atoms with Crippen LogP contribution in [-0.4, -0.2) is 39.3 Å². The molecule has 2 aromatic rings. The van der Waals surface area contributed by atoms with Gasteiger partial charge < -0.3 is 9.63 Å². The van der Waals surface area contributed by atoms with E-state index in [-0.39, 0.29) is 6.10 Å².